The number of alkyl carbamates (subject to hydrolysis) is 1. The lowest BCUT2D eigenvalue weighted by Crippen LogP contribution is -2.65. The van der Waals surface area contributed by atoms with Gasteiger partial charge in [0.2, 0.25) is 0 Å². The zero-order chi connectivity index (χ0) is 26.7. The number of unbranched alkanes of at least 4 members (excludes halogenated alkanes) is 1. The van der Waals surface area contributed by atoms with Gasteiger partial charge in [-0.1, -0.05) is 54.6 Å². The van der Waals surface area contributed by atoms with Crippen LogP contribution in [0.3, 0.4) is 0 Å². The summed E-state index contributed by atoms with van der Waals surface area (Å²) in [6.07, 6.45) is -15.1. The number of carbonyl (C=O) groups excluding carboxylic acids is 1. The van der Waals surface area contributed by atoms with Gasteiger partial charge in [-0.3, -0.25) is 0 Å². The van der Waals surface area contributed by atoms with Crippen LogP contribution in [0.2, 0.25) is 0 Å². The molecule has 3 rings (SSSR count). The maximum Gasteiger partial charge on any atom is 0.407 e. The van der Waals surface area contributed by atoms with Gasteiger partial charge >= 0.3 is 24.4 Å². The first-order valence-corrected chi connectivity index (χ1v) is 10.9. The van der Waals surface area contributed by atoms with E-state index in [0.717, 1.165) is 28.3 Å². The van der Waals surface area contributed by atoms with E-state index in [4.69, 9.17) is 4.74 Å². The molecular formula is C25H23F6NO4. The first-order valence-electron chi connectivity index (χ1n) is 10.9. The van der Waals surface area contributed by atoms with Crippen LogP contribution >= 0.6 is 0 Å². The average Bonchev–Trinajstić information content (AvgIpc) is 3.11. The van der Waals surface area contributed by atoms with Crippen molar-refractivity contribution >= 4 is 12.1 Å². The molecule has 0 spiro atoms. The van der Waals surface area contributed by atoms with Crippen molar-refractivity contribution in [3.05, 3.63) is 72.3 Å². The monoisotopic (exact) mass is 515 g/mol. The van der Waals surface area contributed by atoms with Crippen molar-refractivity contribution in [2.75, 3.05) is 6.61 Å². The number of benzene rings is 2. The minimum absolute atomic E-state index is 0.217. The number of nitrogens with one attached hydrogen (secondary N) is 1. The van der Waals surface area contributed by atoms with E-state index in [-0.39, 0.29) is 6.42 Å². The third-order valence-electron chi connectivity index (χ3n) is 6.34. The summed E-state index contributed by atoms with van der Waals surface area (Å²) in [7, 11) is 0. The van der Waals surface area contributed by atoms with Crippen LogP contribution in [0.15, 0.2) is 61.2 Å². The maximum atomic E-state index is 13.9. The molecule has 0 saturated carbocycles. The van der Waals surface area contributed by atoms with Gasteiger partial charge in [0.1, 0.15) is 6.61 Å². The van der Waals surface area contributed by atoms with Crippen LogP contribution in [0.1, 0.15) is 36.3 Å². The molecular weight excluding hydrogens is 492 g/mol. The van der Waals surface area contributed by atoms with Gasteiger partial charge in [-0.2, -0.15) is 26.3 Å². The van der Waals surface area contributed by atoms with Gasteiger partial charge < -0.3 is 15.2 Å². The van der Waals surface area contributed by atoms with Gasteiger partial charge in [0.05, 0.1) is 0 Å². The summed E-state index contributed by atoms with van der Waals surface area (Å²) in [6, 6.07) is 10.9. The summed E-state index contributed by atoms with van der Waals surface area (Å²) >= 11 is 0. The van der Waals surface area contributed by atoms with Crippen molar-refractivity contribution in [2.45, 2.75) is 43.6 Å². The van der Waals surface area contributed by atoms with E-state index in [9.17, 15) is 41.0 Å². The zero-order valence-corrected chi connectivity index (χ0v) is 18.8. The highest BCUT2D eigenvalue weighted by Gasteiger charge is 2.75. The fourth-order valence-corrected chi connectivity index (χ4v) is 4.59. The van der Waals surface area contributed by atoms with Crippen molar-refractivity contribution in [1.82, 2.24) is 5.32 Å². The van der Waals surface area contributed by atoms with Crippen LogP contribution in [0.5, 0.6) is 0 Å². The van der Waals surface area contributed by atoms with Crippen molar-refractivity contribution in [1.29, 1.82) is 0 Å². The molecule has 2 aromatic carbocycles. The van der Waals surface area contributed by atoms with Crippen molar-refractivity contribution < 1.29 is 45.8 Å². The van der Waals surface area contributed by atoms with E-state index in [1.807, 2.05) is 12.1 Å². The number of fused-ring (bicyclic) bond motifs is 3. The Morgan fingerprint density at radius 2 is 1.47 bits per heavy atom. The Balaban J connectivity index is 1.86. The van der Waals surface area contributed by atoms with Crippen LogP contribution in [0.25, 0.3) is 11.1 Å². The number of allylic oxidation sites excluding steroid dienone is 1. The first kappa shape index (κ1) is 27.1. The molecule has 1 atom stereocenters. The molecule has 194 valence electrons. The Bertz CT molecular complexity index is 1070. The molecule has 1 aliphatic carbocycles. The lowest BCUT2D eigenvalue weighted by atomic mass is 9.74. The third kappa shape index (κ3) is 4.91. The van der Waals surface area contributed by atoms with Gasteiger partial charge in [0.25, 0.3) is 0 Å². The van der Waals surface area contributed by atoms with Gasteiger partial charge in [0, 0.05) is 5.92 Å². The second kappa shape index (κ2) is 10.2. The molecule has 5 nitrogen and oxygen atoms in total. The van der Waals surface area contributed by atoms with E-state index in [1.165, 1.54) is 5.32 Å². The lowest BCUT2D eigenvalue weighted by Gasteiger charge is -2.41. The molecule has 0 unspecified atom stereocenters. The number of carboxylic acids is 1. The number of hydrogen-bond acceptors (Lipinski definition) is 3. The van der Waals surface area contributed by atoms with E-state index < -0.39 is 61.2 Å². The highest BCUT2D eigenvalue weighted by Crippen LogP contribution is 2.56. The number of halogens is 6. The van der Waals surface area contributed by atoms with E-state index >= 15 is 0 Å². The Hall–Kier alpha value is -3.50. The largest absolute Gasteiger partial charge is 0.480 e. The summed E-state index contributed by atoms with van der Waals surface area (Å²) in [4.78, 5) is 24.1. The summed E-state index contributed by atoms with van der Waals surface area (Å²) in [5, 5.41) is 10.7. The molecule has 2 aromatic rings. The summed E-state index contributed by atoms with van der Waals surface area (Å²) in [6.45, 7) is 2.84. The minimum Gasteiger partial charge on any atom is -0.480 e. The van der Waals surface area contributed by atoms with Crippen molar-refractivity contribution in [3.8, 4) is 11.1 Å². The summed E-state index contributed by atoms with van der Waals surface area (Å²) in [5.74, 6) is -3.02. The molecule has 2 N–H and O–H groups in total. The Morgan fingerprint density at radius 1 is 0.972 bits per heavy atom. The topological polar surface area (TPSA) is 75.6 Å². The number of carboxylic acid groups (broad SMARTS) is 1. The van der Waals surface area contributed by atoms with Crippen LogP contribution < -0.4 is 5.32 Å². The van der Waals surface area contributed by atoms with Gasteiger partial charge in [-0.05, 0) is 41.5 Å². The van der Waals surface area contributed by atoms with E-state index in [2.05, 4.69) is 6.58 Å². The number of rotatable bonds is 9. The van der Waals surface area contributed by atoms with Gasteiger partial charge in [0.15, 0.2) is 11.5 Å². The molecule has 36 heavy (non-hydrogen) atoms. The highest BCUT2D eigenvalue weighted by atomic mass is 19.4. The predicted molar refractivity (Wildman–Crippen MR) is 118 cm³/mol. The van der Waals surface area contributed by atoms with Gasteiger partial charge in [-0.25, -0.2) is 9.59 Å². The third-order valence-corrected chi connectivity index (χ3v) is 6.34. The smallest absolute Gasteiger partial charge is 0.407 e. The second-order valence-electron chi connectivity index (χ2n) is 8.39. The van der Waals surface area contributed by atoms with Crippen LogP contribution in [-0.2, 0) is 9.53 Å². The van der Waals surface area contributed by atoms with Crippen LogP contribution in [-0.4, -0.2) is 42.2 Å². The average molecular weight is 515 g/mol. The second-order valence-corrected chi connectivity index (χ2v) is 8.39. The molecule has 1 amide bonds. The fraction of sp³-hybridized carbons (Fsp3) is 0.360. The molecule has 0 bridgehead atoms. The van der Waals surface area contributed by atoms with E-state index in [1.54, 1.807) is 36.4 Å². The molecule has 11 heteroatoms. The highest BCUT2D eigenvalue weighted by molar-refractivity contribution is 5.82. The van der Waals surface area contributed by atoms with E-state index in [0.29, 0.717) is 0 Å². The van der Waals surface area contributed by atoms with Crippen molar-refractivity contribution in [3.63, 3.8) is 0 Å². The Morgan fingerprint density at radius 3 is 1.92 bits per heavy atom. The SMILES string of the molecule is C=CCCCC([C@@H](NC(=O)OCC1c2ccccc2-c2ccccc21)C(=O)O)(C(F)(F)F)C(F)(F)F. The number of amides is 1. The fourth-order valence-electron chi connectivity index (χ4n) is 4.59. The normalized spacial score (nSPS) is 14.5. The number of aliphatic carboxylic acids is 1. The zero-order valence-electron chi connectivity index (χ0n) is 18.8. The standard InChI is InChI=1S/C25H23F6NO4/c1-2-3-8-13-23(24(26,27)28,25(29,30)31)20(21(33)34)32-22(35)36-14-19-17-11-6-4-9-15(17)16-10-5-7-12-18(16)19/h2,4-7,9-12,19-20H,1,3,8,13-14H2,(H,32,35)(H,33,34)/t20-/m0/s1. The Labute approximate surface area is 202 Å². The molecule has 0 aromatic heterocycles. The predicted octanol–water partition coefficient (Wildman–Crippen LogP) is 6.45. The van der Waals surface area contributed by atoms with Crippen LogP contribution in [0, 0.1) is 5.41 Å². The van der Waals surface area contributed by atoms with Crippen LogP contribution in [0.4, 0.5) is 31.1 Å². The first-order chi connectivity index (χ1) is 16.8. The maximum absolute atomic E-state index is 13.9. The number of hydrogen-bond donors (Lipinski definition) is 2. The van der Waals surface area contributed by atoms with Gasteiger partial charge in [-0.15, -0.1) is 6.58 Å². The molecule has 0 radical (unpaired) electrons. The number of carbonyl (C=O) groups is 2. The quantitative estimate of drug-likeness (QED) is 0.229. The molecule has 0 heterocycles. The Kier molecular flexibility index (Phi) is 7.70. The number of ether oxygens (including phenoxy) is 1. The minimum atomic E-state index is -6.04. The molecule has 0 aliphatic heterocycles. The molecule has 1 aliphatic rings. The summed E-state index contributed by atoms with van der Waals surface area (Å²) < 4.78 is 88.5. The molecule has 0 fully saturated rings. The number of alkyl halides is 6. The molecule has 0 saturated heterocycles. The lowest BCUT2D eigenvalue weighted by molar-refractivity contribution is -0.350. The summed E-state index contributed by atoms with van der Waals surface area (Å²) in [5.41, 5.74) is -1.53. The van der Waals surface area contributed by atoms with Crippen molar-refractivity contribution in [2.24, 2.45) is 5.41 Å².